The fourth-order valence-electron chi connectivity index (χ4n) is 2.48. The minimum Gasteiger partial charge on any atom is -0.477 e. The molecule has 1 atom stereocenters. The largest absolute Gasteiger partial charge is 0.477 e. The third-order valence-corrected chi connectivity index (χ3v) is 3.47. The molecule has 0 aliphatic carbocycles. The van der Waals surface area contributed by atoms with Crippen LogP contribution in [0.25, 0.3) is 0 Å². The maximum Gasteiger partial charge on any atom is 0.341 e. The van der Waals surface area contributed by atoms with Crippen molar-refractivity contribution in [1.82, 2.24) is 4.57 Å². The minimum atomic E-state index is -1.19. The maximum atomic E-state index is 11.6. The van der Waals surface area contributed by atoms with E-state index in [0.717, 1.165) is 25.1 Å². The Morgan fingerprint density at radius 2 is 2.28 bits per heavy atom. The summed E-state index contributed by atoms with van der Waals surface area (Å²) in [6, 6.07) is 1.38. The van der Waals surface area contributed by atoms with E-state index in [0.29, 0.717) is 6.61 Å². The van der Waals surface area contributed by atoms with Crippen molar-refractivity contribution in [2.45, 2.75) is 32.2 Å². The first-order valence-electron chi connectivity index (χ1n) is 5.99. The van der Waals surface area contributed by atoms with E-state index in [1.807, 2.05) is 18.4 Å². The molecular weight excluding hydrogens is 234 g/mol. The number of pyridine rings is 1. The van der Waals surface area contributed by atoms with Crippen molar-refractivity contribution < 1.29 is 14.6 Å². The predicted octanol–water partition coefficient (Wildman–Crippen LogP) is 1.38. The SMILES string of the molecule is Cc1cc(=O)c(C(=O)O)cn1C1(C)CCCOC1. The van der Waals surface area contributed by atoms with E-state index >= 15 is 0 Å². The zero-order valence-electron chi connectivity index (χ0n) is 10.6. The highest BCUT2D eigenvalue weighted by molar-refractivity contribution is 5.87. The maximum absolute atomic E-state index is 11.6. The smallest absolute Gasteiger partial charge is 0.341 e. The minimum absolute atomic E-state index is 0.188. The molecule has 1 N–H and O–H groups in total. The van der Waals surface area contributed by atoms with Crippen LogP contribution in [0.3, 0.4) is 0 Å². The number of ether oxygens (including phenoxy) is 1. The summed E-state index contributed by atoms with van der Waals surface area (Å²) in [7, 11) is 0. The lowest BCUT2D eigenvalue weighted by molar-refractivity contribution is 0.00816. The highest BCUT2D eigenvalue weighted by Crippen LogP contribution is 2.28. The van der Waals surface area contributed by atoms with Crippen molar-refractivity contribution in [2.75, 3.05) is 13.2 Å². The van der Waals surface area contributed by atoms with Gasteiger partial charge < -0.3 is 14.4 Å². The molecule has 0 aromatic carbocycles. The Morgan fingerprint density at radius 1 is 1.56 bits per heavy atom. The highest BCUT2D eigenvalue weighted by atomic mass is 16.5. The van der Waals surface area contributed by atoms with Crippen LogP contribution in [0.4, 0.5) is 0 Å². The molecule has 1 saturated heterocycles. The zero-order valence-corrected chi connectivity index (χ0v) is 10.6. The number of carbonyl (C=O) groups is 1. The van der Waals surface area contributed by atoms with Crippen molar-refractivity contribution in [3.63, 3.8) is 0 Å². The van der Waals surface area contributed by atoms with Crippen LogP contribution in [0, 0.1) is 6.92 Å². The van der Waals surface area contributed by atoms with Crippen molar-refractivity contribution in [3.8, 4) is 0 Å². The molecule has 1 aliphatic heterocycles. The summed E-state index contributed by atoms with van der Waals surface area (Å²) >= 11 is 0. The first-order valence-corrected chi connectivity index (χ1v) is 5.99. The number of hydrogen-bond acceptors (Lipinski definition) is 3. The second-order valence-electron chi connectivity index (χ2n) is 5.02. The van der Waals surface area contributed by atoms with E-state index in [4.69, 9.17) is 9.84 Å². The third-order valence-electron chi connectivity index (χ3n) is 3.47. The molecule has 1 fully saturated rings. The Morgan fingerprint density at radius 3 is 2.83 bits per heavy atom. The highest BCUT2D eigenvalue weighted by Gasteiger charge is 2.30. The van der Waals surface area contributed by atoms with Gasteiger partial charge in [-0.3, -0.25) is 4.79 Å². The first kappa shape index (κ1) is 12.8. The van der Waals surface area contributed by atoms with Gasteiger partial charge in [-0.1, -0.05) is 0 Å². The quantitative estimate of drug-likeness (QED) is 0.862. The fourth-order valence-corrected chi connectivity index (χ4v) is 2.48. The zero-order chi connectivity index (χ0) is 13.3. The molecule has 5 heteroatoms. The van der Waals surface area contributed by atoms with Crippen LogP contribution in [-0.4, -0.2) is 28.9 Å². The molecule has 0 bridgehead atoms. The topological polar surface area (TPSA) is 68.5 Å². The van der Waals surface area contributed by atoms with E-state index in [1.165, 1.54) is 12.3 Å². The van der Waals surface area contributed by atoms with Crippen LogP contribution in [0.1, 0.15) is 35.8 Å². The number of carboxylic acid groups (broad SMARTS) is 1. The molecule has 1 unspecified atom stereocenters. The van der Waals surface area contributed by atoms with Crippen LogP contribution in [0.2, 0.25) is 0 Å². The number of nitrogens with zero attached hydrogens (tertiary/aromatic N) is 1. The molecule has 5 nitrogen and oxygen atoms in total. The third kappa shape index (κ3) is 2.18. The van der Waals surface area contributed by atoms with Crippen LogP contribution < -0.4 is 5.43 Å². The van der Waals surface area contributed by atoms with Gasteiger partial charge >= 0.3 is 5.97 Å². The van der Waals surface area contributed by atoms with Crippen molar-refractivity contribution >= 4 is 5.97 Å². The Labute approximate surface area is 105 Å². The van der Waals surface area contributed by atoms with Gasteiger partial charge in [0.05, 0.1) is 12.1 Å². The standard InChI is InChI=1S/C13H17NO4/c1-9-6-11(15)10(12(16)17)7-14(9)13(2)4-3-5-18-8-13/h6-7H,3-5,8H2,1-2H3,(H,16,17). The molecule has 0 spiro atoms. The number of aryl methyl sites for hydroxylation is 1. The van der Waals surface area contributed by atoms with Gasteiger partial charge in [0, 0.05) is 24.6 Å². The lowest BCUT2D eigenvalue weighted by atomic mass is 9.93. The van der Waals surface area contributed by atoms with E-state index in [-0.39, 0.29) is 11.1 Å². The number of carboxylic acids is 1. The Kier molecular flexibility index (Phi) is 3.26. The fraction of sp³-hybridized carbons (Fsp3) is 0.538. The van der Waals surface area contributed by atoms with E-state index < -0.39 is 11.4 Å². The molecule has 2 heterocycles. The van der Waals surface area contributed by atoms with Gasteiger partial charge in [-0.05, 0) is 26.7 Å². The predicted molar refractivity (Wildman–Crippen MR) is 66.1 cm³/mol. The second-order valence-corrected chi connectivity index (χ2v) is 5.02. The molecule has 0 amide bonds. The number of hydrogen-bond donors (Lipinski definition) is 1. The second kappa shape index (κ2) is 4.57. The van der Waals surface area contributed by atoms with Gasteiger partial charge in [0.1, 0.15) is 5.56 Å². The van der Waals surface area contributed by atoms with Crippen molar-refractivity contribution in [3.05, 3.63) is 33.7 Å². The lowest BCUT2D eigenvalue weighted by Gasteiger charge is -2.37. The average molecular weight is 251 g/mol. The van der Waals surface area contributed by atoms with E-state index in [2.05, 4.69) is 0 Å². The van der Waals surface area contributed by atoms with E-state index in [9.17, 15) is 9.59 Å². The van der Waals surface area contributed by atoms with Gasteiger partial charge in [-0.25, -0.2) is 4.79 Å². The van der Waals surface area contributed by atoms with Crippen LogP contribution >= 0.6 is 0 Å². The molecule has 2 rings (SSSR count). The Bertz CT molecular complexity index is 526. The summed E-state index contributed by atoms with van der Waals surface area (Å²) in [6.07, 6.45) is 3.29. The molecule has 98 valence electrons. The lowest BCUT2D eigenvalue weighted by Crippen LogP contribution is -2.41. The number of aromatic nitrogens is 1. The molecule has 1 aromatic rings. The molecular formula is C13H17NO4. The van der Waals surface area contributed by atoms with Gasteiger partial charge in [-0.15, -0.1) is 0 Å². The molecule has 0 saturated carbocycles. The van der Waals surface area contributed by atoms with Crippen molar-refractivity contribution in [1.29, 1.82) is 0 Å². The van der Waals surface area contributed by atoms with Gasteiger partial charge in [0.25, 0.3) is 0 Å². The summed E-state index contributed by atoms with van der Waals surface area (Å²) in [5.74, 6) is -1.19. The van der Waals surface area contributed by atoms with Gasteiger partial charge in [0.15, 0.2) is 5.43 Å². The summed E-state index contributed by atoms with van der Waals surface area (Å²) in [4.78, 5) is 22.6. The number of rotatable bonds is 2. The number of aromatic carboxylic acids is 1. The van der Waals surface area contributed by atoms with Crippen LogP contribution in [0.5, 0.6) is 0 Å². The summed E-state index contributed by atoms with van der Waals surface area (Å²) < 4.78 is 7.34. The molecule has 0 radical (unpaired) electrons. The molecule has 18 heavy (non-hydrogen) atoms. The Balaban J connectivity index is 2.53. The van der Waals surface area contributed by atoms with Crippen LogP contribution in [0.15, 0.2) is 17.1 Å². The monoisotopic (exact) mass is 251 g/mol. The Hall–Kier alpha value is -1.62. The molecule has 1 aliphatic rings. The summed E-state index contributed by atoms with van der Waals surface area (Å²) in [6.45, 7) is 5.11. The molecule has 1 aromatic heterocycles. The van der Waals surface area contributed by atoms with Crippen LogP contribution in [-0.2, 0) is 10.3 Å². The summed E-state index contributed by atoms with van der Waals surface area (Å²) in [5.41, 5.74) is -0.151. The van der Waals surface area contributed by atoms with Crippen molar-refractivity contribution in [2.24, 2.45) is 0 Å². The van der Waals surface area contributed by atoms with Gasteiger partial charge in [0.2, 0.25) is 0 Å². The normalized spacial score (nSPS) is 23.9. The van der Waals surface area contributed by atoms with E-state index in [1.54, 1.807) is 0 Å². The van der Waals surface area contributed by atoms with Gasteiger partial charge in [-0.2, -0.15) is 0 Å². The average Bonchev–Trinajstić information content (AvgIpc) is 2.29. The first-order chi connectivity index (χ1) is 8.44. The summed E-state index contributed by atoms with van der Waals surface area (Å²) in [5, 5.41) is 9.02.